The van der Waals surface area contributed by atoms with E-state index < -0.39 is 0 Å². The summed E-state index contributed by atoms with van der Waals surface area (Å²) in [5.74, 6) is 0.363. The van der Waals surface area contributed by atoms with Gasteiger partial charge in [0.2, 0.25) is 0 Å². The van der Waals surface area contributed by atoms with E-state index >= 15 is 0 Å². The molecular weight excluding hydrogens is 180 g/mol. The van der Waals surface area contributed by atoms with Gasteiger partial charge in [0.25, 0.3) is 0 Å². The van der Waals surface area contributed by atoms with Gasteiger partial charge in [-0.25, -0.2) is 0 Å². The molecule has 1 aliphatic carbocycles. The van der Waals surface area contributed by atoms with E-state index in [-0.39, 0.29) is 12.5 Å². The van der Waals surface area contributed by atoms with Gasteiger partial charge >= 0.3 is 5.97 Å². The van der Waals surface area contributed by atoms with Crippen molar-refractivity contribution in [2.24, 2.45) is 0 Å². The molecule has 2 rings (SSSR count). The van der Waals surface area contributed by atoms with Crippen molar-refractivity contribution < 1.29 is 9.53 Å². The number of aromatic nitrogens is 2. The molecule has 0 bridgehead atoms. The molecule has 1 aliphatic rings. The first-order valence-electron chi connectivity index (χ1n) is 4.90. The van der Waals surface area contributed by atoms with Crippen LogP contribution in [0.5, 0.6) is 0 Å². The molecule has 0 amide bonds. The van der Waals surface area contributed by atoms with E-state index in [1.54, 1.807) is 4.68 Å². The lowest BCUT2D eigenvalue weighted by molar-refractivity contribution is -0.141. The Bertz CT molecular complexity index is 329. The molecule has 76 valence electrons. The number of ether oxygens (including phenoxy) is 1. The van der Waals surface area contributed by atoms with Gasteiger partial charge in [-0.15, -0.1) is 0 Å². The highest BCUT2D eigenvalue weighted by atomic mass is 16.5. The van der Waals surface area contributed by atoms with Crippen molar-refractivity contribution in [2.75, 3.05) is 7.11 Å². The average molecular weight is 194 g/mol. The smallest absolute Gasteiger partial charge is 0.327 e. The monoisotopic (exact) mass is 194 g/mol. The molecule has 0 radical (unpaired) electrons. The van der Waals surface area contributed by atoms with Gasteiger partial charge in [0.15, 0.2) is 0 Å². The Kier molecular flexibility index (Phi) is 2.52. The molecule has 1 fully saturated rings. The maximum Gasteiger partial charge on any atom is 0.327 e. The molecule has 0 saturated heterocycles. The van der Waals surface area contributed by atoms with Gasteiger partial charge in [0.05, 0.1) is 12.8 Å². The molecule has 4 heteroatoms. The van der Waals surface area contributed by atoms with E-state index in [1.807, 2.05) is 12.3 Å². The Balaban J connectivity index is 1.98. The molecule has 14 heavy (non-hydrogen) atoms. The highest BCUT2D eigenvalue weighted by Crippen LogP contribution is 2.34. The van der Waals surface area contributed by atoms with Gasteiger partial charge in [0.1, 0.15) is 6.54 Å². The lowest BCUT2D eigenvalue weighted by atomic mass is 9.83. The standard InChI is InChI=1S/C10H14N2O2/c1-14-10(13)7-12-6-5-9(11-12)8-3-2-4-8/h5-6,8H,2-4,7H2,1H3. The van der Waals surface area contributed by atoms with E-state index in [0.717, 1.165) is 5.69 Å². The van der Waals surface area contributed by atoms with Gasteiger partial charge in [0, 0.05) is 12.1 Å². The van der Waals surface area contributed by atoms with E-state index in [4.69, 9.17) is 0 Å². The summed E-state index contributed by atoms with van der Waals surface area (Å²) >= 11 is 0. The third-order valence-corrected chi connectivity index (χ3v) is 2.70. The molecule has 0 spiro atoms. The first kappa shape index (κ1) is 9.24. The Labute approximate surface area is 82.9 Å². The number of esters is 1. The minimum atomic E-state index is -0.256. The highest BCUT2D eigenvalue weighted by Gasteiger charge is 2.21. The number of hydrogen-bond donors (Lipinski definition) is 0. The molecule has 0 N–H and O–H groups in total. The zero-order valence-corrected chi connectivity index (χ0v) is 8.27. The van der Waals surface area contributed by atoms with Crippen molar-refractivity contribution in [2.45, 2.75) is 31.7 Å². The summed E-state index contributed by atoms with van der Waals surface area (Å²) in [6.45, 7) is 0.212. The first-order valence-corrected chi connectivity index (χ1v) is 4.90. The largest absolute Gasteiger partial charge is 0.468 e. The van der Waals surface area contributed by atoms with Crippen molar-refractivity contribution >= 4 is 5.97 Å². The van der Waals surface area contributed by atoms with Crippen LogP contribution in [0.3, 0.4) is 0 Å². The topological polar surface area (TPSA) is 44.1 Å². The second kappa shape index (κ2) is 3.82. The number of methoxy groups -OCH3 is 1. The zero-order chi connectivity index (χ0) is 9.97. The highest BCUT2D eigenvalue weighted by molar-refractivity contribution is 5.68. The fourth-order valence-electron chi connectivity index (χ4n) is 1.58. The van der Waals surface area contributed by atoms with Crippen molar-refractivity contribution in [3.8, 4) is 0 Å². The van der Waals surface area contributed by atoms with Gasteiger partial charge in [-0.05, 0) is 18.9 Å². The minimum Gasteiger partial charge on any atom is -0.468 e. The van der Waals surface area contributed by atoms with Crippen LogP contribution in [-0.2, 0) is 16.1 Å². The number of nitrogens with zero attached hydrogens (tertiary/aromatic N) is 2. The average Bonchev–Trinajstić information content (AvgIpc) is 2.50. The van der Waals surface area contributed by atoms with E-state index in [1.165, 1.54) is 26.4 Å². The molecule has 0 aromatic carbocycles. The summed E-state index contributed by atoms with van der Waals surface area (Å²) in [5, 5.41) is 4.34. The van der Waals surface area contributed by atoms with Crippen LogP contribution < -0.4 is 0 Å². The zero-order valence-electron chi connectivity index (χ0n) is 8.27. The van der Waals surface area contributed by atoms with Crippen LogP contribution in [0.25, 0.3) is 0 Å². The maximum absolute atomic E-state index is 11.0. The predicted octanol–water partition coefficient (Wildman–Crippen LogP) is 1.32. The van der Waals surface area contributed by atoms with Crippen LogP contribution in [0.4, 0.5) is 0 Å². The third kappa shape index (κ3) is 1.78. The van der Waals surface area contributed by atoms with Crippen LogP contribution in [-0.4, -0.2) is 22.9 Å². The Morgan fingerprint density at radius 2 is 2.50 bits per heavy atom. The minimum absolute atomic E-state index is 0.212. The summed E-state index contributed by atoms with van der Waals surface area (Å²) in [6, 6.07) is 1.99. The second-order valence-electron chi connectivity index (χ2n) is 3.64. The second-order valence-corrected chi connectivity index (χ2v) is 3.64. The summed E-state index contributed by atoms with van der Waals surface area (Å²) in [4.78, 5) is 11.0. The lowest BCUT2D eigenvalue weighted by Crippen LogP contribution is -2.14. The SMILES string of the molecule is COC(=O)Cn1ccc(C2CCC2)n1. The molecule has 1 saturated carbocycles. The van der Waals surface area contributed by atoms with E-state index in [0.29, 0.717) is 5.92 Å². The normalized spacial score (nSPS) is 16.4. The Morgan fingerprint density at radius 3 is 3.07 bits per heavy atom. The van der Waals surface area contributed by atoms with Gasteiger partial charge in [-0.3, -0.25) is 9.48 Å². The quantitative estimate of drug-likeness (QED) is 0.682. The summed E-state index contributed by atoms with van der Waals surface area (Å²) in [7, 11) is 1.39. The molecule has 1 aromatic rings. The van der Waals surface area contributed by atoms with Crippen LogP contribution >= 0.6 is 0 Å². The number of carbonyl (C=O) groups is 1. The van der Waals surface area contributed by atoms with E-state index in [2.05, 4.69) is 9.84 Å². The summed E-state index contributed by atoms with van der Waals surface area (Å²) < 4.78 is 6.20. The van der Waals surface area contributed by atoms with Crippen molar-refractivity contribution in [3.05, 3.63) is 18.0 Å². The maximum atomic E-state index is 11.0. The van der Waals surface area contributed by atoms with Crippen LogP contribution in [0.1, 0.15) is 30.9 Å². The summed E-state index contributed by atoms with van der Waals surface area (Å²) in [6.07, 6.45) is 5.60. The molecule has 1 heterocycles. The van der Waals surface area contributed by atoms with Crippen LogP contribution in [0.15, 0.2) is 12.3 Å². The summed E-state index contributed by atoms with van der Waals surface area (Å²) in [5.41, 5.74) is 1.11. The van der Waals surface area contributed by atoms with Crippen LogP contribution in [0, 0.1) is 0 Å². The van der Waals surface area contributed by atoms with Crippen LogP contribution in [0.2, 0.25) is 0 Å². The molecule has 0 aliphatic heterocycles. The fourth-order valence-corrected chi connectivity index (χ4v) is 1.58. The fraction of sp³-hybridized carbons (Fsp3) is 0.600. The molecule has 0 atom stereocenters. The number of rotatable bonds is 3. The number of hydrogen-bond acceptors (Lipinski definition) is 3. The Hall–Kier alpha value is -1.32. The lowest BCUT2D eigenvalue weighted by Gasteiger charge is -2.22. The predicted molar refractivity (Wildman–Crippen MR) is 50.8 cm³/mol. The van der Waals surface area contributed by atoms with Gasteiger partial charge in [-0.1, -0.05) is 6.42 Å². The molecule has 0 unspecified atom stereocenters. The first-order chi connectivity index (χ1) is 6.79. The van der Waals surface area contributed by atoms with Gasteiger partial charge in [-0.2, -0.15) is 5.10 Å². The van der Waals surface area contributed by atoms with Crippen molar-refractivity contribution in [1.82, 2.24) is 9.78 Å². The molecular formula is C10H14N2O2. The number of carbonyl (C=O) groups excluding carboxylic acids is 1. The van der Waals surface area contributed by atoms with E-state index in [9.17, 15) is 4.79 Å². The molecule has 4 nitrogen and oxygen atoms in total. The third-order valence-electron chi connectivity index (χ3n) is 2.70. The van der Waals surface area contributed by atoms with Gasteiger partial charge < -0.3 is 4.74 Å². The Morgan fingerprint density at radius 1 is 1.71 bits per heavy atom. The van der Waals surface area contributed by atoms with Crippen molar-refractivity contribution in [1.29, 1.82) is 0 Å². The molecule has 1 aromatic heterocycles. The van der Waals surface area contributed by atoms with Crippen molar-refractivity contribution in [3.63, 3.8) is 0 Å².